The predicted octanol–water partition coefficient (Wildman–Crippen LogP) is 10.8. The van der Waals surface area contributed by atoms with E-state index < -0.39 is 11.7 Å². The molecule has 0 heterocycles. The van der Waals surface area contributed by atoms with Gasteiger partial charge in [0, 0.05) is 13.0 Å². The van der Waals surface area contributed by atoms with Gasteiger partial charge in [-0.05, 0) is 130 Å². The van der Waals surface area contributed by atoms with Crippen molar-refractivity contribution in [3.63, 3.8) is 0 Å². The number of hydrogen-bond donors (Lipinski definition) is 1. The summed E-state index contributed by atoms with van der Waals surface area (Å²) in [4.78, 5) is 25.9. The maximum Gasteiger partial charge on any atom is 0.407 e. The summed E-state index contributed by atoms with van der Waals surface area (Å²) in [6.45, 7) is 18.7. The van der Waals surface area contributed by atoms with Gasteiger partial charge in [0.25, 0.3) is 0 Å². The Hall–Kier alpha value is -1.52. The van der Waals surface area contributed by atoms with E-state index in [9.17, 15) is 9.59 Å². The van der Waals surface area contributed by atoms with Gasteiger partial charge in [0.2, 0.25) is 0 Å². The van der Waals surface area contributed by atoms with Crippen LogP contribution in [0.3, 0.4) is 0 Å². The SMILES string of the molecule is CC(C)CCC[C@@H](C)[C@H]1CC[C@H]2[C@@H]3CC=C4C[C@@H](OC(=O)CC5(CNC(=O)OC(C)(C)C)CCCCC5)CC[C@]4(C)[C@H]3CC[C@]12C. The first kappa shape index (κ1) is 35.8. The number of ether oxygens (including phenoxy) is 2. The van der Waals surface area contributed by atoms with Gasteiger partial charge in [-0.15, -0.1) is 0 Å². The number of nitrogens with one attached hydrogen (secondary N) is 1. The monoisotopic (exact) mass is 640 g/mol. The lowest BCUT2D eigenvalue weighted by Crippen LogP contribution is -2.51. The van der Waals surface area contributed by atoms with Gasteiger partial charge in [-0.3, -0.25) is 4.79 Å². The van der Waals surface area contributed by atoms with E-state index in [0.29, 0.717) is 18.4 Å². The Bertz CT molecular complexity index is 1100. The van der Waals surface area contributed by atoms with E-state index in [4.69, 9.17) is 9.47 Å². The first-order valence-electron chi connectivity index (χ1n) is 19.5. The van der Waals surface area contributed by atoms with Crippen LogP contribution in [0, 0.1) is 51.8 Å². The van der Waals surface area contributed by atoms with E-state index >= 15 is 0 Å². The lowest BCUT2D eigenvalue weighted by molar-refractivity contribution is -0.155. The fourth-order valence-electron chi connectivity index (χ4n) is 11.6. The average molecular weight is 640 g/mol. The van der Waals surface area contributed by atoms with Gasteiger partial charge in [-0.2, -0.15) is 0 Å². The van der Waals surface area contributed by atoms with E-state index in [1.54, 1.807) is 5.57 Å². The Kier molecular flexibility index (Phi) is 11.0. The Morgan fingerprint density at radius 3 is 2.37 bits per heavy atom. The first-order chi connectivity index (χ1) is 21.6. The summed E-state index contributed by atoms with van der Waals surface area (Å²) in [5, 5.41) is 2.99. The molecule has 0 saturated heterocycles. The zero-order valence-corrected chi connectivity index (χ0v) is 31.0. The van der Waals surface area contributed by atoms with Gasteiger partial charge >= 0.3 is 12.1 Å². The van der Waals surface area contributed by atoms with E-state index in [1.807, 2.05) is 20.8 Å². The van der Waals surface area contributed by atoms with Gasteiger partial charge in [0.15, 0.2) is 0 Å². The number of amides is 1. The van der Waals surface area contributed by atoms with Gasteiger partial charge < -0.3 is 14.8 Å². The molecule has 4 saturated carbocycles. The van der Waals surface area contributed by atoms with Crippen molar-refractivity contribution in [2.45, 2.75) is 176 Å². The van der Waals surface area contributed by atoms with Gasteiger partial charge in [0.1, 0.15) is 11.7 Å². The third-order valence-electron chi connectivity index (χ3n) is 14.0. The lowest BCUT2D eigenvalue weighted by atomic mass is 9.47. The molecule has 5 rings (SSSR count). The summed E-state index contributed by atoms with van der Waals surface area (Å²) in [5.41, 5.74) is 1.59. The molecule has 0 spiro atoms. The first-order valence-corrected chi connectivity index (χ1v) is 19.5. The Morgan fingerprint density at radius 2 is 1.67 bits per heavy atom. The molecule has 4 fully saturated rings. The van der Waals surface area contributed by atoms with Crippen molar-refractivity contribution >= 4 is 12.1 Å². The minimum Gasteiger partial charge on any atom is -0.462 e. The van der Waals surface area contributed by atoms with Crippen LogP contribution in [0.15, 0.2) is 11.6 Å². The molecule has 0 aromatic carbocycles. The smallest absolute Gasteiger partial charge is 0.407 e. The normalized spacial score (nSPS) is 36.1. The van der Waals surface area contributed by atoms with Crippen LogP contribution in [0.5, 0.6) is 0 Å². The molecule has 0 bridgehead atoms. The number of carbonyl (C=O) groups is 2. The largest absolute Gasteiger partial charge is 0.462 e. The second kappa shape index (κ2) is 14.1. The summed E-state index contributed by atoms with van der Waals surface area (Å²) in [6, 6.07) is 0. The molecule has 0 unspecified atom stereocenters. The molecule has 5 aliphatic rings. The Morgan fingerprint density at radius 1 is 0.935 bits per heavy atom. The minimum atomic E-state index is -0.533. The Labute approximate surface area is 282 Å². The number of fused-ring (bicyclic) bond motifs is 5. The summed E-state index contributed by atoms with van der Waals surface area (Å²) in [5.74, 6) is 4.95. The third-order valence-corrected chi connectivity index (χ3v) is 14.0. The quantitative estimate of drug-likeness (QED) is 0.191. The predicted molar refractivity (Wildman–Crippen MR) is 187 cm³/mol. The van der Waals surface area contributed by atoms with Crippen molar-refractivity contribution in [2.24, 2.45) is 51.8 Å². The van der Waals surface area contributed by atoms with Crippen LogP contribution in [0.25, 0.3) is 0 Å². The van der Waals surface area contributed by atoms with Crippen LogP contribution < -0.4 is 5.32 Å². The molecular formula is C41H69NO4. The van der Waals surface area contributed by atoms with E-state index in [-0.39, 0.29) is 22.9 Å². The highest BCUT2D eigenvalue weighted by Crippen LogP contribution is 2.67. The second-order valence-electron chi connectivity index (χ2n) is 18.7. The van der Waals surface area contributed by atoms with E-state index in [0.717, 1.165) is 80.5 Å². The molecule has 1 amide bonds. The number of esters is 1. The van der Waals surface area contributed by atoms with Crippen LogP contribution in [0.2, 0.25) is 0 Å². The zero-order valence-electron chi connectivity index (χ0n) is 31.0. The van der Waals surface area contributed by atoms with E-state index in [1.165, 1.54) is 57.8 Å². The van der Waals surface area contributed by atoms with Gasteiger partial charge in [-0.25, -0.2) is 4.79 Å². The number of allylic oxidation sites excluding steroid dienone is 1. The summed E-state index contributed by atoms with van der Waals surface area (Å²) in [6.07, 6.45) is 21.9. The maximum absolute atomic E-state index is 13.5. The molecule has 1 N–H and O–H groups in total. The highest BCUT2D eigenvalue weighted by molar-refractivity contribution is 5.71. The summed E-state index contributed by atoms with van der Waals surface area (Å²) >= 11 is 0. The van der Waals surface area contributed by atoms with Crippen LogP contribution in [0.1, 0.15) is 165 Å². The number of carbonyl (C=O) groups excluding carboxylic acids is 2. The fourth-order valence-corrected chi connectivity index (χ4v) is 11.6. The molecule has 8 atom stereocenters. The molecule has 46 heavy (non-hydrogen) atoms. The highest BCUT2D eigenvalue weighted by Gasteiger charge is 2.59. The molecule has 0 aromatic heterocycles. The molecule has 5 aliphatic carbocycles. The van der Waals surface area contributed by atoms with Crippen LogP contribution in [-0.2, 0) is 14.3 Å². The van der Waals surface area contributed by atoms with Crippen molar-refractivity contribution in [2.75, 3.05) is 6.54 Å². The average Bonchev–Trinajstić information content (AvgIpc) is 3.33. The molecule has 0 aliphatic heterocycles. The number of hydrogen-bond acceptors (Lipinski definition) is 4. The van der Waals surface area contributed by atoms with Crippen molar-refractivity contribution in [1.29, 1.82) is 0 Å². The third kappa shape index (κ3) is 7.85. The zero-order chi connectivity index (χ0) is 33.3. The maximum atomic E-state index is 13.5. The van der Waals surface area contributed by atoms with E-state index in [2.05, 4.69) is 46.0 Å². The molecule has 262 valence electrons. The molecule has 0 aromatic rings. The topological polar surface area (TPSA) is 64.6 Å². The molecule has 0 radical (unpaired) electrons. The van der Waals surface area contributed by atoms with Crippen LogP contribution in [0.4, 0.5) is 4.79 Å². The van der Waals surface area contributed by atoms with Crippen molar-refractivity contribution in [1.82, 2.24) is 5.32 Å². The molecule has 5 nitrogen and oxygen atoms in total. The van der Waals surface area contributed by atoms with Crippen LogP contribution in [-0.4, -0.2) is 30.3 Å². The summed E-state index contributed by atoms with van der Waals surface area (Å²) < 4.78 is 11.8. The second-order valence-corrected chi connectivity index (χ2v) is 18.7. The molecule has 5 heteroatoms. The number of rotatable bonds is 10. The van der Waals surface area contributed by atoms with Gasteiger partial charge in [0.05, 0.1) is 6.42 Å². The van der Waals surface area contributed by atoms with Crippen molar-refractivity contribution in [3.05, 3.63) is 11.6 Å². The number of alkyl carbamates (subject to hydrolysis) is 1. The highest BCUT2D eigenvalue weighted by atomic mass is 16.6. The standard InChI is InChI=1S/C41H69NO4/c1-28(2)13-12-14-29(3)33-17-18-34-32-16-15-30-25-31(19-23-39(30,7)35(32)20-24-40(33,34)8)45-36(43)26-41(21-10-9-11-22-41)27-42-37(44)46-38(4,5)6/h15,28-29,31-35H,9-14,16-27H2,1-8H3,(H,42,44)/t29-,31+,32+,33-,34+,35+,39+,40-/m1/s1. The lowest BCUT2D eigenvalue weighted by Gasteiger charge is -2.58. The minimum absolute atomic E-state index is 0.0146. The van der Waals surface area contributed by atoms with Crippen LogP contribution >= 0.6 is 0 Å². The summed E-state index contributed by atoms with van der Waals surface area (Å²) in [7, 11) is 0. The molecular weight excluding hydrogens is 570 g/mol. The van der Waals surface area contributed by atoms with Gasteiger partial charge in [-0.1, -0.05) is 84.8 Å². The van der Waals surface area contributed by atoms with Crippen molar-refractivity contribution < 1.29 is 19.1 Å². The Balaban J connectivity index is 1.18. The van der Waals surface area contributed by atoms with Crippen molar-refractivity contribution in [3.8, 4) is 0 Å². The fraction of sp³-hybridized carbons (Fsp3) is 0.902.